The molecule has 1 heterocycles. The molecule has 0 amide bonds. The SMILES string of the molecule is CCOc1cccc(CNC[C@H]2CCCO2)c1OCc1ccc(Cl)cc1. The van der Waals surface area contributed by atoms with Crippen LogP contribution in [-0.2, 0) is 17.9 Å². The first-order valence-electron chi connectivity index (χ1n) is 9.20. The predicted octanol–water partition coefficient (Wildman–Crippen LogP) is 4.59. The standard InChI is InChI=1S/C21H26ClNO3/c1-2-24-20-7-3-5-17(13-23-14-19-6-4-12-25-19)21(20)26-15-16-8-10-18(22)11-9-16/h3,5,7-11,19,23H,2,4,6,12-15H2,1H3/t19-/m1/s1. The zero-order valence-electron chi connectivity index (χ0n) is 15.2. The summed E-state index contributed by atoms with van der Waals surface area (Å²) in [7, 11) is 0. The first-order valence-corrected chi connectivity index (χ1v) is 9.58. The Morgan fingerprint density at radius 3 is 2.73 bits per heavy atom. The van der Waals surface area contributed by atoms with Gasteiger partial charge in [-0.2, -0.15) is 0 Å². The first-order chi connectivity index (χ1) is 12.8. The highest BCUT2D eigenvalue weighted by Gasteiger charge is 2.16. The molecule has 140 valence electrons. The van der Waals surface area contributed by atoms with Crippen LogP contribution in [0.15, 0.2) is 42.5 Å². The van der Waals surface area contributed by atoms with E-state index in [0.29, 0.717) is 19.3 Å². The summed E-state index contributed by atoms with van der Waals surface area (Å²) < 4.78 is 17.6. The Kier molecular flexibility index (Phi) is 7.18. The lowest BCUT2D eigenvalue weighted by Gasteiger charge is -2.17. The van der Waals surface area contributed by atoms with Crippen molar-refractivity contribution in [2.45, 2.75) is 39.0 Å². The van der Waals surface area contributed by atoms with Crippen molar-refractivity contribution in [3.8, 4) is 11.5 Å². The Hall–Kier alpha value is -1.75. The molecule has 4 nitrogen and oxygen atoms in total. The number of rotatable bonds is 9. The van der Waals surface area contributed by atoms with Gasteiger partial charge in [0.05, 0.1) is 12.7 Å². The fourth-order valence-electron chi connectivity index (χ4n) is 3.04. The van der Waals surface area contributed by atoms with Crippen LogP contribution in [-0.4, -0.2) is 25.9 Å². The molecule has 1 fully saturated rings. The number of para-hydroxylation sites is 1. The van der Waals surface area contributed by atoms with Gasteiger partial charge in [-0.05, 0) is 43.5 Å². The van der Waals surface area contributed by atoms with Crippen LogP contribution in [0.1, 0.15) is 30.9 Å². The van der Waals surface area contributed by atoms with Crippen molar-refractivity contribution in [1.82, 2.24) is 5.32 Å². The fraction of sp³-hybridized carbons (Fsp3) is 0.429. The van der Waals surface area contributed by atoms with Gasteiger partial charge in [-0.1, -0.05) is 35.9 Å². The summed E-state index contributed by atoms with van der Waals surface area (Å²) in [5.41, 5.74) is 2.15. The first kappa shape index (κ1) is 19.0. The van der Waals surface area contributed by atoms with Crippen molar-refractivity contribution in [3.63, 3.8) is 0 Å². The second kappa shape index (κ2) is 9.81. The third-order valence-electron chi connectivity index (χ3n) is 4.37. The molecule has 2 aromatic carbocycles. The molecule has 0 unspecified atom stereocenters. The number of hydrogen-bond donors (Lipinski definition) is 1. The van der Waals surface area contributed by atoms with Crippen LogP contribution in [0.4, 0.5) is 0 Å². The van der Waals surface area contributed by atoms with Crippen LogP contribution >= 0.6 is 11.6 Å². The summed E-state index contributed by atoms with van der Waals surface area (Å²) in [6.07, 6.45) is 2.61. The molecule has 2 aromatic rings. The lowest BCUT2D eigenvalue weighted by molar-refractivity contribution is 0.110. The number of benzene rings is 2. The second-order valence-electron chi connectivity index (χ2n) is 6.36. The molecule has 0 aliphatic carbocycles. The molecule has 26 heavy (non-hydrogen) atoms. The van der Waals surface area contributed by atoms with Gasteiger partial charge in [-0.25, -0.2) is 0 Å². The molecule has 0 bridgehead atoms. The highest BCUT2D eigenvalue weighted by molar-refractivity contribution is 6.30. The number of ether oxygens (including phenoxy) is 3. The van der Waals surface area contributed by atoms with Crippen molar-refractivity contribution in [3.05, 3.63) is 58.6 Å². The number of hydrogen-bond acceptors (Lipinski definition) is 4. The Labute approximate surface area is 160 Å². The van der Waals surface area contributed by atoms with Gasteiger partial charge >= 0.3 is 0 Å². The maximum atomic E-state index is 6.13. The van der Waals surface area contributed by atoms with Gasteiger partial charge in [0.2, 0.25) is 0 Å². The van der Waals surface area contributed by atoms with Gasteiger partial charge in [0.15, 0.2) is 11.5 Å². The van der Waals surface area contributed by atoms with Gasteiger partial charge in [0.25, 0.3) is 0 Å². The normalized spacial score (nSPS) is 16.6. The predicted molar refractivity (Wildman–Crippen MR) is 104 cm³/mol. The number of nitrogens with one attached hydrogen (secondary N) is 1. The van der Waals surface area contributed by atoms with Crippen molar-refractivity contribution < 1.29 is 14.2 Å². The third-order valence-corrected chi connectivity index (χ3v) is 4.62. The van der Waals surface area contributed by atoms with Gasteiger partial charge in [0.1, 0.15) is 6.61 Å². The summed E-state index contributed by atoms with van der Waals surface area (Å²) in [6.45, 7) is 5.50. The van der Waals surface area contributed by atoms with Crippen molar-refractivity contribution in [1.29, 1.82) is 0 Å². The Morgan fingerprint density at radius 1 is 1.15 bits per heavy atom. The van der Waals surface area contributed by atoms with E-state index < -0.39 is 0 Å². The largest absolute Gasteiger partial charge is 0.490 e. The highest BCUT2D eigenvalue weighted by atomic mass is 35.5. The zero-order valence-corrected chi connectivity index (χ0v) is 15.9. The second-order valence-corrected chi connectivity index (χ2v) is 6.79. The quantitative estimate of drug-likeness (QED) is 0.696. The molecule has 1 N–H and O–H groups in total. The number of halogens is 1. The third kappa shape index (κ3) is 5.37. The van der Waals surface area contributed by atoms with Gasteiger partial charge in [-0.3, -0.25) is 0 Å². The van der Waals surface area contributed by atoms with Crippen LogP contribution < -0.4 is 14.8 Å². The maximum absolute atomic E-state index is 6.13. The Morgan fingerprint density at radius 2 is 2.00 bits per heavy atom. The fourth-order valence-corrected chi connectivity index (χ4v) is 3.17. The molecular formula is C21H26ClNO3. The molecule has 0 radical (unpaired) electrons. The van der Waals surface area contributed by atoms with E-state index in [1.54, 1.807) is 0 Å². The molecule has 1 aliphatic heterocycles. The van der Waals surface area contributed by atoms with Gasteiger partial charge < -0.3 is 19.5 Å². The molecule has 0 aromatic heterocycles. The molecule has 5 heteroatoms. The molecule has 1 aliphatic rings. The molecule has 3 rings (SSSR count). The molecule has 0 spiro atoms. The van der Waals surface area contributed by atoms with Gasteiger partial charge in [-0.15, -0.1) is 0 Å². The lowest BCUT2D eigenvalue weighted by atomic mass is 10.1. The minimum Gasteiger partial charge on any atom is -0.490 e. The van der Waals surface area contributed by atoms with E-state index in [0.717, 1.165) is 60.2 Å². The average molecular weight is 376 g/mol. The molecule has 1 atom stereocenters. The minimum absolute atomic E-state index is 0.323. The van der Waals surface area contributed by atoms with Crippen LogP contribution in [0.5, 0.6) is 11.5 Å². The van der Waals surface area contributed by atoms with Crippen LogP contribution in [0.25, 0.3) is 0 Å². The van der Waals surface area contributed by atoms with E-state index in [4.69, 9.17) is 25.8 Å². The van der Waals surface area contributed by atoms with E-state index >= 15 is 0 Å². The van der Waals surface area contributed by atoms with Gasteiger partial charge in [0, 0.05) is 30.3 Å². The minimum atomic E-state index is 0.323. The summed E-state index contributed by atoms with van der Waals surface area (Å²) in [5, 5.41) is 4.21. The van der Waals surface area contributed by atoms with E-state index in [9.17, 15) is 0 Å². The highest BCUT2D eigenvalue weighted by Crippen LogP contribution is 2.32. The van der Waals surface area contributed by atoms with Crippen molar-refractivity contribution in [2.75, 3.05) is 19.8 Å². The topological polar surface area (TPSA) is 39.7 Å². The summed E-state index contributed by atoms with van der Waals surface area (Å²) in [6, 6.07) is 13.7. The maximum Gasteiger partial charge on any atom is 0.166 e. The molecular weight excluding hydrogens is 350 g/mol. The Bertz CT molecular complexity index is 684. The van der Waals surface area contributed by atoms with Crippen LogP contribution in [0, 0.1) is 0 Å². The summed E-state index contributed by atoms with van der Waals surface area (Å²) in [4.78, 5) is 0. The smallest absolute Gasteiger partial charge is 0.166 e. The lowest BCUT2D eigenvalue weighted by Crippen LogP contribution is -2.26. The molecule has 0 saturated carbocycles. The van der Waals surface area contributed by atoms with Crippen molar-refractivity contribution in [2.24, 2.45) is 0 Å². The van der Waals surface area contributed by atoms with E-state index in [1.807, 2.05) is 43.3 Å². The Balaban J connectivity index is 1.66. The zero-order chi connectivity index (χ0) is 18.2. The summed E-state index contributed by atoms with van der Waals surface area (Å²) in [5.74, 6) is 1.57. The summed E-state index contributed by atoms with van der Waals surface area (Å²) >= 11 is 5.95. The van der Waals surface area contributed by atoms with Crippen LogP contribution in [0.2, 0.25) is 5.02 Å². The average Bonchev–Trinajstić information content (AvgIpc) is 3.16. The van der Waals surface area contributed by atoms with E-state index in [1.165, 1.54) is 0 Å². The van der Waals surface area contributed by atoms with Crippen LogP contribution in [0.3, 0.4) is 0 Å². The van der Waals surface area contributed by atoms with E-state index in [-0.39, 0.29) is 0 Å². The van der Waals surface area contributed by atoms with Crippen molar-refractivity contribution >= 4 is 11.6 Å². The van der Waals surface area contributed by atoms with E-state index in [2.05, 4.69) is 11.4 Å². The molecule has 1 saturated heterocycles. The monoisotopic (exact) mass is 375 g/mol.